The van der Waals surface area contributed by atoms with Gasteiger partial charge in [-0.15, -0.1) is 0 Å². The fourth-order valence-corrected chi connectivity index (χ4v) is 4.14. The van der Waals surface area contributed by atoms with Crippen molar-refractivity contribution >= 4 is 52.5 Å². The minimum atomic E-state index is -0.513. The van der Waals surface area contributed by atoms with E-state index >= 15 is 0 Å². The van der Waals surface area contributed by atoms with Crippen LogP contribution in [0.5, 0.6) is 0 Å². The first-order chi connectivity index (χ1) is 14.8. The molecule has 156 valence electrons. The van der Waals surface area contributed by atoms with Crippen molar-refractivity contribution in [1.29, 1.82) is 0 Å². The predicted molar refractivity (Wildman–Crippen MR) is 128 cm³/mol. The Morgan fingerprint density at radius 2 is 1.68 bits per heavy atom. The van der Waals surface area contributed by atoms with Gasteiger partial charge < -0.3 is 4.57 Å². The molecule has 31 heavy (non-hydrogen) atoms. The molecule has 1 fully saturated rings. The molecule has 5 nitrogen and oxygen atoms in total. The van der Waals surface area contributed by atoms with E-state index in [0.29, 0.717) is 10.7 Å². The molecule has 0 atom stereocenters. The lowest BCUT2D eigenvalue weighted by Crippen LogP contribution is -2.54. The second kappa shape index (κ2) is 8.13. The molecule has 1 saturated heterocycles. The molecule has 2 heterocycles. The second-order valence-electron chi connectivity index (χ2n) is 7.44. The maximum absolute atomic E-state index is 13.2. The fraction of sp³-hybridized carbons (Fsp3) is 0.125. The van der Waals surface area contributed by atoms with Crippen molar-refractivity contribution in [1.82, 2.24) is 9.88 Å². The van der Waals surface area contributed by atoms with Gasteiger partial charge in [0.1, 0.15) is 5.57 Å². The molecule has 0 spiro atoms. The minimum absolute atomic E-state index is 0.0213. The number of carbonyl (C=O) groups excluding carboxylic acids is 2. The van der Waals surface area contributed by atoms with E-state index in [1.807, 2.05) is 45.0 Å². The molecule has 0 bridgehead atoms. The van der Waals surface area contributed by atoms with Gasteiger partial charge in [-0.2, -0.15) is 0 Å². The molecule has 3 aromatic rings. The smallest absolute Gasteiger partial charge is 0.270 e. The molecule has 0 saturated carbocycles. The predicted octanol–water partition coefficient (Wildman–Crippen LogP) is 4.89. The van der Waals surface area contributed by atoms with Gasteiger partial charge in [0.15, 0.2) is 5.11 Å². The SMILES string of the molecule is Cc1cccc(-n2c(C)cc(/C=C3\C(=O)NC(=S)N(c4ccc(Cl)cc4)C3=O)c2C)c1. The Morgan fingerprint density at radius 1 is 0.968 bits per heavy atom. The quantitative estimate of drug-likeness (QED) is 0.352. The molecule has 1 aromatic heterocycles. The van der Waals surface area contributed by atoms with E-state index in [2.05, 4.69) is 16.0 Å². The van der Waals surface area contributed by atoms with Crippen LogP contribution in [0.3, 0.4) is 0 Å². The summed E-state index contributed by atoms with van der Waals surface area (Å²) >= 11 is 11.2. The van der Waals surface area contributed by atoms with Crippen LogP contribution in [0, 0.1) is 20.8 Å². The van der Waals surface area contributed by atoms with Crippen LogP contribution in [0.25, 0.3) is 11.8 Å². The summed E-state index contributed by atoms with van der Waals surface area (Å²) in [4.78, 5) is 27.2. The van der Waals surface area contributed by atoms with Crippen LogP contribution in [-0.2, 0) is 9.59 Å². The Morgan fingerprint density at radius 3 is 2.35 bits per heavy atom. The molecule has 0 unspecified atom stereocenters. The van der Waals surface area contributed by atoms with E-state index in [1.165, 1.54) is 4.90 Å². The number of halogens is 1. The Bertz CT molecular complexity index is 1260. The first-order valence-electron chi connectivity index (χ1n) is 9.69. The van der Waals surface area contributed by atoms with E-state index in [0.717, 1.165) is 28.2 Å². The van der Waals surface area contributed by atoms with E-state index in [9.17, 15) is 9.59 Å². The molecular weight excluding hydrogens is 430 g/mol. The van der Waals surface area contributed by atoms with Gasteiger partial charge >= 0.3 is 0 Å². The zero-order valence-corrected chi connectivity index (χ0v) is 18.8. The fourth-order valence-electron chi connectivity index (χ4n) is 3.74. The third-order valence-corrected chi connectivity index (χ3v) is 5.75. The van der Waals surface area contributed by atoms with Gasteiger partial charge in [-0.3, -0.25) is 19.8 Å². The average molecular weight is 450 g/mol. The zero-order valence-electron chi connectivity index (χ0n) is 17.3. The zero-order chi connectivity index (χ0) is 22.3. The minimum Gasteiger partial charge on any atom is -0.318 e. The van der Waals surface area contributed by atoms with E-state index in [-0.39, 0.29) is 10.7 Å². The Balaban J connectivity index is 1.76. The number of nitrogens with zero attached hydrogens (tertiary/aromatic N) is 2. The highest BCUT2D eigenvalue weighted by Crippen LogP contribution is 2.27. The standard InChI is InChI=1S/C24H20ClN3O2S/c1-14-5-4-6-20(11-14)27-15(2)12-17(16(27)3)13-21-22(29)26-24(31)28(23(21)30)19-9-7-18(25)8-10-19/h4-13H,1-3H3,(H,26,29,31)/b21-13+. The molecule has 1 N–H and O–H groups in total. The number of hydrogen-bond donors (Lipinski definition) is 1. The van der Waals surface area contributed by atoms with Gasteiger partial charge in [-0.05, 0) is 92.7 Å². The summed E-state index contributed by atoms with van der Waals surface area (Å²) in [6.45, 7) is 6.00. The number of hydrogen-bond acceptors (Lipinski definition) is 3. The molecule has 0 aliphatic carbocycles. The van der Waals surface area contributed by atoms with Gasteiger partial charge in [-0.25, -0.2) is 0 Å². The highest BCUT2D eigenvalue weighted by Gasteiger charge is 2.34. The van der Waals surface area contributed by atoms with Crippen LogP contribution >= 0.6 is 23.8 Å². The number of anilines is 1. The second-order valence-corrected chi connectivity index (χ2v) is 8.26. The Hall–Kier alpha value is -3.22. The maximum atomic E-state index is 13.2. The highest BCUT2D eigenvalue weighted by atomic mass is 35.5. The summed E-state index contributed by atoms with van der Waals surface area (Å²) in [5, 5.41) is 3.20. The van der Waals surface area contributed by atoms with Gasteiger partial charge in [0.2, 0.25) is 0 Å². The van der Waals surface area contributed by atoms with Crippen molar-refractivity contribution in [2.24, 2.45) is 0 Å². The molecule has 1 aliphatic heterocycles. The third kappa shape index (κ3) is 3.92. The summed E-state index contributed by atoms with van der Waals surface area (Å²) in [6.07, 6.45) is 1.62. The molecule has 2 aromatic carbocycles. The van der Waals surface area contributed by atoms with E-state index in [1.54, 1.807) is 30.3 Å². The number of carbonyl (C=O) groups is 2. The molecule has 2 amide bonds. The number of thiocarbonyl (C=S) groups is 1. The maximum Gasteiger partial charge on any atom is 0.270 e. The number of benzene rings is 2. The van der Waals surface area contributed by atoms with E-state index in [4.69, 9.17) is 23.8 Å². The van der Waals surface area contributed by atoms with Crippen molar-refractivity contribution < 1.29 is 9.59 Å². The van der Waals surface area contributed by atoms with Crippen LogP contribution in [0.2, 0.25) is 5.02 Å². The van der Waals surface area contributed by atoms with Gasteiger partial charge in [0.05, 0.1) is 5.69 Å². The van der Waals surface area contributed by atoms with Gasteiger partial charge in [-0.1, -0.05) is 23.7 Å². The van der Waals surface area contributed by atoms with Crippen molar-refractivity contribution in [3.05, 3.63) is 87.7 Å². The Kier molecular flexibility index (Phi) is 5.52. The normalized spacial score (nSPS) is 15.5. The largest absolute Gasteiger partial charge is 0.318 e. The number of amides is 2. The molecular formula is C24H20ClN3O2S. The number of nitrogens with one attached hydrogen (secondary N) is 1. The van der Waals surface area contributed by atoms with Gasteiger partial charge in [0, 0.05) is 22.1 Å². The van der Waals surface area contributed by atoms with Gasteiger partial charge in [0.25, 0.3) is 11.8 Å². The molecule has 0 radical (unpaired) electrons. The molecule has 4 rings (SSSR count). The lowest BCUT2D eigenvalue weighted by Gasteiger charge is -2.28. The third-order valence-electron chi connectivity index (χ3n) is 5.22. The van der Waals surface area contributed by atoms with E-state index < -0.39 is 11.8 Å². The van der Waals surface area contributed by atoms with Crippen molar-refractivity contribution in [3.63, 3.8) is 0 Å². The lowest BCUT2D eigenvalue weighted by molar-refractivity contribution is -0.122. The Labute approximate surface area is 190 Å². The first-order valence-corrected chi connectivity index (χ1v) is 10.5. The average Bonchev–Trinajstić information content (AvgIpc) is 2.99. The van der Waals surface area contributed by atoms with Crippen molar-refractivity contribution in [2.75, 3.05) is 4.90 Å². The van der Waals surface area contributed by atoms with Crippen LogP contribution in [-0.4, -0.2) is 21.5 Å². The summed E-state index contributed by atoms with van der Waals surface area (Å²) in [5.74, 6) is -0.989. The molecule has 7 heteroatoms. The van der Waals surface area contributed by atoms with Crippen LogP contribution in [0.4, 0.5) is 5.69 Å². The summed E-state index contributed by atoms with van der Waals surface area (Å²) < 4.78 is 2.10. The highest BCUT2D eigenvalue weighted by molar-refractivity contribution is 7.80. The monoisotopic (exact) mass is 449 g/mol. The molecule has 1 aliphatic rings. The summed E-state index contributed by atoms with van der Waals surface area (Å²) in [7, 11) is 0. The number of rotatable bonds is 3. The van der Waals surface area contributed by atoms with Crippen molar-refractivity contribution in [3.8, 4) is 5.69 Å². The lowest BCUT2D eigenvalue weighted by atomic mass is 10.1. The summed E-state index contributed by atoms with van der Waals surface area (Å²) in [6, 6.07) is 16.8. The first kappa shape index (κ1) is 21.0. The van der Waals surface area contributed by atoms with Crippen LogP contribution < -0.4 is 10.2 Å². The number of aromatic nitrogens is 1. The van der Waals surface area contributed by atoms with Crippen LogP contribution in [0.1, 0.15) is 22.5 Å². The summed E-state index contributed by atoms with van der Waals surface area (Å²) in [5.41, 5.74) is 5.47. The topological polar surface area (TPSA) is 54.3 Å². The number of aryl methyl sites for hydroxylation is 2. The van der Waals surface area contributed by atoms with Crippen molar-refractivity contribution in [2.45, 2.75) is 20.8 Å². The van der Waals surface area contributed by atoms with Crippen LogP contribution in [0.15, 0.2) is 60.2 Å².